The molecule has 0 aromatic heterocycles. The number of carbonyl (C=O) groups is 1. The second-order valence-corrected chi connectivity index (χ2v) is 7.56. The van der Waals surface area contributed by atoms with Crippen molar-refractivity contribution in [2.24, 2.45) is 0 Å². The lowest BCUT2D eigenvalue weighted by molar-refractivity contribution is -0.138. The highest BCUT2D eigenvalue weighted by atomic mass is 35.5. The summed E-state index contributed by atoms with van der Waals surface area (Å²) < 4.78 is 0. The van der Waals surface area contributed by atoms with Crippen molar-refractivity contribution in [1.82, 2.24) is 9.80 Å². The van der Waals surface area contributed by atoms with E-state index in [0.29, 0.717) is 6.04 Å². The maximum atomic E-state index is 10.8. The number of aliphatic carboxylic acids is 1. The van der Waals surface area contributed by atoms with Crippen LogP contribution in [0.15, 0.2) is 29.2 Å². The summed E-state index contributed by atoms with van der Waals surface area (Å²) in [4.78, 5) is 16.4. The van der Waals surface area contributed by atoms with Gasteiger partial charge in [0.1, 0.15) is 0 Å². The topological polar surface area (TPSA) is 43.8 Å². The Bertz CT molecular complexity index is 507. The predicted octanol–water partition coefficient (Wildman–Crippen LogP) is 3.30. The molecule has 6 heteroatoms. The Morgan fingerprint density at radius 3 is 2.74 bits per heavy atom. The molecular weight excluding hydrogens is 332 g/mol. The number of benzene rings is 1. The van der Waals surface area contributed by atoms with Gasteiger partial charge in [0, 0.05) is 10.9 Å². The highest BCUT2D eigenvalue weighted by Gasteiger charge is 2.23. The maximum absolute atomic E-state index is 10.8. The number of likely N-dealkylation sites (N-methyl/N-ethyl adjacent to an activating group) is 1. The normalized spacial score (nSPS) is 16.8. The SMILES string of the molecule is CN(CC(=O)O)C1CCN(CCCSc2ccccc2Cl)CC1. The number of hydrogen-bond acceptors (Lipinski definition) is 4. The molecule has 1 saturated heterocycles. The molecule has 0 saturated carbocycles. The third-order valence-corrected chi connectivity index (χ3v) is 5.88. The fraction of sp³-hybridized carbons (Fsp3) is 0.588. The molecule has 23 heavy (non-hydrogen) atoms. The van der Waals surface area contributed by atoms with E-state index < -0.39 is 5.97 Å². The van der Waals surface area contributed by atoms with Gasteiger partial charge >= 0.3 is 5.97 Å². The standard InChI is InChI=1S/C17H25ClN2O2S/c1-19(13-17(21)22)14-7-10-20(11-8-14)9-4-12-23-16-6-3-2-5-15(16)18/h2-3,5-6,14H,4,7-13H2,1H3,(H,21,22). The fourth-order valence-electron chi connectivity index (χ4n) is 2.96. The number of thioether (sulfide) groups is 1. The lowest BCUT2D eigenvalue weighted by Crippen LogP contribution is -2.45. The van der Waals surface area contributed by atoms with E-state index in [4.69, 9.17) is 16.7 Å². The van der Waals surface area contributed by atoms with Crippen LogP contribution >= 0.6 is 23.4 Å². The van der Waals surface area contributed by atoms with Gasteiger partial charge in [0.05, 0.1) is 11.6 Å². The Morgan fingerprint density at radius 1 is 1.39 bits per heavy atom. The van der Waals surface area contributed by atoms with Crippen LogP contribution in [0.25, 0.3) is 0 Å². The van der Waals surface area contributed by atoms with Crippen molar-refractivity contribution >= 4 is 29.3 Å². The van der Waals surface area contributed by atoms with E-state index in [9.17, 15) is 4.79 Å². The van der Waals surface area contributed by atoms with Crippen LogP contribution in [0.2, 0.25) is 5.02 Å². The maximum Gasteiger partial charge on any atom is 0.317 e. The van der Waals surface area contributed by atoms with E-state index in [-0.39, 0.29) is 6.54 Å². The average molecular weight is 357 g/mol. The first kappa shape index (κ1) is 18.6. The Hall–Kier alpha value is -0.750. The van der Waals surface area contributed by atoms with Crippen LogP contribution in [-0.4, -0.2) is 65.9 Å². The first-order valence-electron chi connectivity index (χ1n) is 8.08. The van der Waals surface area contributed by atoms with Crippen LogP contribution in [0, 0.1) is 0 Å². The van der Waals surface area contributed by atoms with E-state index in [1.54, 1.807) is 0 Å². The van der Waals surface area contributed by atoms with Gasteiger partial charge < -0.3 is 10.0 Å². The number of likely N-dealkylation sites (tertiary alicyclic amines) is 1. The Balaban J connectivity index is 1.61. The second-order valence-electron chi connectivity index (χ2n) is 6.01. The Morgan fingerprint density at radius 2 is 2.09 bits per heavy atom. The van der Waals surface area contributed by atoms with Gasteiger partial charge in [0.15, 0.2) is 0 Å². The van der Waals surface area contributed by atoms with Crippen LogP contribution in [0.3, 0.4) is 0 Å². The molecule has 1 heterocycles. The van der Waals surface area contributed by atoms with Gasteiger partial charge in [0.2, 0.25) is 0 Å². The van der Waals surface area contributed by atoms with Crippen LogP contribution in [-0.2, 0) is 4.79 Å². The van der Waals surface area contributed by atoms with Gasteiger partial charge in [0.25, 0.3) is 0 Å². The summed E-state index contributed by atoms with van der Waals surface area (Å²) in [7, 11) is 1.91. The van der Waals surface area contributed by atoms with Gasteiger partial charge in [-0.25, -0.2) is 0 Å². The molecule has 0 bridgehead atoms. The van der Waals surface area contributed by atoms with E-state index in [0.717, 1.165) is 54.6 Å². The average Bonchev–Trinajstić information content (AvgIpc) is 2.53. The molecule has 0 atom stereocenters. The minimum absolute atomic E-state index is 0.138. The number of nitrogens with zero attached hydrogens (tertiary/aromatic N) is 2. The quantitative estimate of drug-likeness (QED) is 0.572. The summed E-state index contributed by atoms with van der Waals surface area (Å²) in [5, 5.41) is 9.69. The molecule has 1 aliphatic rings. The van der Waals surface area contributed by atoms with Gasteiger partial charge in [-0.1, -0.05) is 23.7 Å². The summed E-state index contributed by atoms with van der Waals surface area (Å²) in [6.45, 7) is 3.36. The third-order valence-electron chi connectivity index (χ3n) is 4.28. The van der Waals surface area contributed by atoms with Crippen molar-refractivity contribution in [3.63, 3.8) is 0 Å². The van der Waals surface area contributed by atoms with Crippen molar-refractivity contribution in [2.45, 2.75) is 30.2 Å². The minimum Gasteiger partial charge on any atom is -0.480 e. The van der Waals surface area contributed by atoms with Gasteiger partial charge in [-0.05, 0) is 63.8 Å². The molecule has 0 unspecified atom stereocenters. The van der Waals surface area contributed by atoms with E-state index >= 15 is 0 Å². The monoisotopic (exact) mass is 356 g/mol. The van der Waals surface area contributed by atoms with E-state index in [1.807, 2.05) is 41.9 Å². The van der Waals surface area contributed by atoms with E-state index in [2.05, 4.69) is 11.0 Å². The molecular formula is C17H25ClN2O2S. The van der Waals surface area contributed by atoms with Crippen molar-refractivity contribution in [2.75, 3.05) is 39.0 Å². The van der Waals surface area contributed by atoms with Crippen LogP contribution in [0.4, 0.5) is 0 Å². The Kier molecular flexibility index (Phi) is 7.70. The zero-order valence-corrected chi connectivity index (χ0v) is 15.2. The predicted molar refractivity (Wildman–Crippen MR) is 96.5 cm³/mol. The summed E-state index contributed by atoms with van der Waals surface area (Å²) in [6, 6.07) is 8.38. The summed E-state index contributed by atoms with van der Waals surface area (Å²) in [6.07, 6.45) is 3.26. The number of carboxylic acid groups (broad SMARTS) is 1. The van der Waals surface area contributed by atoms with Gasteiger partial charge in [-0.2, -0.15) is 0 Å². The van der Waals surface area contributed by atoms with Crippen molar-refractivity contribution in [3.05, 3.63) is 29.3 Å². The van der Waals surface area contributed by atoms with Crippen LogP contribution < -0.4 is 0 Å². The lowest BCUT2D eigenvalue weighted by atomic mass is 10.0. The zero-order chi connectivity index (χ0) is 16.7. The van der Waals surface area contributed by atoms with Gasteiger partial charge in [-0.15, -0.1) is 11.8 Å². The lowest BCUT2D eigenvalue weighted by Gasteiger charge is -2.36. The molecule has 0 radical (unpaired) electrons. The van der Waals surface area contributed by atoms with Crippen molar-refractivity contribution in [3.8, 4) is 0 Å². The smallest absolute Gasteiger partial charge is 0.317 e. The first-order valence-corrected chi connectivity index (χ1v) is 9.44. The molecule has 0 spiro atoms. The molecule has 1 aromatic rings. The molecule has 1 aliphatic heterocycles. The van der Waals surface area contributed by atoms with Gasteiger partial charge in [-0.3, -0.25) is 9.69 Å². The number of carboxylic acids is 1. The molecule has 1 fully saturated rings. The minimum atomic E-state index is -0.744. The second kappa shape index (κ2) is 9.52. The first-order chi connectivity index (χ1) is 11.1. The van der Waals surface area contributed by atoms with Crippen molar-refractivity contribution in [1.29, 1.82) is 0 Å². The largest absolute Gasteiger partial charge is 0.480 e. The number of halogens is 1. The van der Waals surface area contributed by atoms with E-state index in [1.165, 1.54) is 0 Å². The van der Waals surface area contributed by atoms with Crippen LogP contribution in [0.1, 0.15) is 19.3 Å². The van der Waals surface area contributed by atoms with Crippen LogP contribution in [0.5, 0.6) is 0 Å². The summed E-state index contributed by atoms with van der Waals surface area (Å²) >= 11 is 7.97. The molecule has 1 N–H and O–H groups in total. The molecule has 2 rings (SSSR count). The summed E-state index contributed by atoms with van der Waals surface area (Å²) in [5.41, 5.74) is 0. The third kappa shape index (κ3) is 6.34. The highest BCUT2D eigenvalue weighted by Crippen LogP contribution is 2.27. The van der Waals surface area contributed by atoms with Crippen molar-refractivity contribution < 1.29 is 9.90 Å². The number of hydrogen-bond donors (Lipinski definition) is 1. The number of rotatable bonds is 8. The summed E-state index contributed by atoms with van der Waals surface area (Å²) in [5.74, 6) is 0.328. The highest BCUT2D eigenvalue weighted by molar-refractivity contribution is 7.99. The number of piperidine rings is 1. The molecule has 0 aliphatic carbocycles. The molecule has 0 amide bonds. The fourth-order valence-corrected chi connectivity index (χ4v) is 4.13. The molecule has 128 valence electrons. The zero-order valence-electron chi connectivity index (χ0n) is 13.6. The molecule has 1 aromatic carbocycles. The molecule has 4 nitrogen and oxygen atoms in total. The Labute approximate surface area is 147 Å².